The van der Waals surface area contributed by atoms with Gasteiger partial charge in [-0.1, -0.05) is 0 Å². The molecule has 1 aliphatic rings. The number of hydrogen-bond acceptors (Lipinski definition) is 1. The molecule has 0 saturated carbocycles. The monoisotopic (exact) mass is 181 g/mol. The Bertz CT molecular complexity index is 408. The maximum atomic E-state index is 13.3. The van der Waals surface area contributed by atoms with E-state index < -0.39 is 6.17 Å². The first-order chi connectivity index (χ1) is 6.11. The van der Waals surface area contributed by atoms with Crippen molar-refractivity contribution in [3.8, 4) is 0 Å². The summed E-state index contributed by atoms with van der Waals surface area (Å²) >= 11 is 0. The summed E-state index contributed by atoms with van der Waals surface area (Å²) < 4.78 is 14.9. The molecular formula is C10H12FNO. The quantitative estimate of drug-likeness (QED) is 0.599. The predicted molar refractivity (Wildman–Crippen MR) is 48.6 cm³/mol. The highest BCUT2D eigenvalue weighted by Gasteiger charge is 2.25. The third-order valence-corrected chi connectivity index (χ3v) is 2.61. The molecule has 0 aromatic carbocycles. The Morgan fingerprint density at radius 1 is 1.46 bits per heavy atom. The van der Waals surface area contributed by atoms with Gasteiger partial charge in [-0.15, -0.1) is 0 Å². The van der Waals surface area contributed by atoms with Gasteiger partial charge in [-0.05, 0) is 25.5 Å². The summed E-state index contributed by atoms with van der Waals surface area (Å²) in [6.45, 7) is 4.15. The molecule has 0 bridgehead atoms. The lowest BCUT2D eigenvalue weighted by molar-refractivity contribution is 0.342. The van der Waals surface area contributed by atoms with Gasteiger partial charge >= 0.3 is 0 Å². The summed E-state index contributed by atoms with van der Waals surface area (Å²) in [7, 11) is 0. The van der Waals surface area contributed by atoms with Gasteiger partial charge in [0.2, 0.25) is 0 Å². The first kappa shape index (κ1) is 8.48. The van der Waals surface area contributed by atoms with E-state index in [2.05, 4.69) is 0 Å². The van der Waals surface area contributed by atoms with E-state index in [0.29, 0.717) is 24.2 Å². The van der Waals surface area contributed by atoms with Gasteiger partial charge in [0.25, 0.3) is 5.56 Å². The molecule has 0 N–H and O–H groups in total. The van der Waals surface area contributed by atoms with Crippen LogP contribution in [-0.4, -0.2) is 4.57 Å². The summed E-state index contributed by atoms with van der Waals surface area (Å²) in [6.07, 6.45) is -0.507. The van der Waals surface area contributed by atoms with Crippen LogP contribution in [-0.2, 0) is 6.54 Å². The molecule has 70 valence electrons. The molecule has 0 aliphatic carbocycles. The molecule has 0 saturated heterocycles. The lowest BCUT2D eigenvalue weighted by atomic mass is 10.1. The molecule has 1 aromatic heterocycles. The van der Waals surface area contributed by atoms with Gasteiger partial charge in [-0.3, -0.25) is 4.79 Å². The fraction of sp³-hybridized carbons (Fsp3) is 0.500. The minimum atomic E-state index is -0.951. The van der Waals surface area contributed by atoms with Gasteiger partial charge in [0.05, 0.1) is 5.69 Å². The summed E-state index contributed by atoms with van der Waals surface area (Å²) in [5, 5.41) is 0. The van der Waals surface area contributed by atoms with Crippen LogP contribution < -0.4 is 5.56 Å². The van der Waals surface area contributed by atoms with E-state index in [4.69, 9.17) is 0 Å². The zero-order valence-corrected chi connectivity index (χ0v) is 7.80. The molecule has 0 fully saturated rings. The van der Waals surface area contributed by atoms with E-state index in [0.717, 1.165) is 5.56 Å². The predicted octanol–water partition coefficient (Wildman–Crippen LogP) is 1.88. The number of halogens is 1. The van der Waals surface area contributed by atoms with Crippen molar-refractivity contribution in [3.63, 3.8) is 0 Å². The van der Waals surface area contributed by atoms with Crippen LogP contribution in [0.15, 0.2) is 10.9 Å². The van der Waals surface area contributed by atoms with Crippen LogP contribution in [0.5, 0.6) is 0 Å². The van der Waals surface area contributed by atoms with Crippen LogP contribution in [0.2, 0.25) is 0 Å². The molecule has 1 aromatic rings. The van der Waals surface area contributed by atoms with Crippen molar-refractivity contribution < 1.29 is 4.39 Å². The number of aryl methyl sites for hydroxylation is 2. The van der Waals surface area contributed by atoms with Crippen LogP contribution in [0.25, 0.3) is 0 Å². The van der Waals surface area contributed by atoms with E-state index in [1.54, 1.807) is 17.6 Å². The van der Waals surface area contributed by atoms with Crippen LogP contribution >= 0.6 is 0 Å². The Hall–Kier alpha value is -1.12. The van der Waals surface area contributed by atoms with Gasteiger partial charge in [-0.25, -0.2) is 4.39 Å². The summed E-state index contributed by atoms with van der Waals surface area (Å²) in [5.74, 6) is 0. The average Bonchev–Trinajstić information content (AvgIpc) is 2.44. The summed E-state index contributed by atoms with van der Waals surface area (Å²) in [5.41, 5.74) is 2.13. The zero-order valence-electron chi connectivity index (χ0n) is 7.80. The topological polar surface area (TPSA) is 22.0 Å². The number of alkyl halides is 1. The second-order valence-electron chi connectivity index (χ2n) is 3.61. The largest absolute Gasteiger partial charge is 0.309 e. The van der Waals surface area contributed by atoms with Crippen LogP contribution in [0.1, 0.15) is 29.4 Å². The number of hydrogen-bond donors (Lipinski definition) is 0. The molecule has 2 heterocycles. The van der Waals surface area contributed by atoms with E-state index >= 15 is 0 Å². The number of rotatable bonds is 0. The van der Waals surface area contributed by atoms with Crippen molar-refractivity contribution >= 4 is 0 Å². The molecule has 2 nitrogen and oxygen atoms in total. The Morgan fingerprint density at radius 3 is 2.85 bits per heavy atom. The molecule has 3 heteroatoms. The van der Waals surface area contributed by atoms with Gasteiger partial charge in [-0.2, -0.15) is 0 Å². The minimum Gasteiger partial charge on any atom is -0.309 e. The summed E-state index contributed by atoms with van der Waals surface area (Å²) in [4.78, 5) is 11.6. The van der Waals surface area contributed by atoms with Crippen LogP contribution in [0.4, 0.5) is 4.39 Å². The van der Waals surface area contributed by atoms with Crippen molar-refractivity contribution in [2.45, 2.75) is 33.0 Å². The molecule has 0 radical (unpaired) electrons. The van der Waals surface area contributed by atoms with Crippen molar-refractivity contribution in [1.29, 1.82) is 0 Å². The third kappa shape index (κ3) is 1.10. The fourth-order valence-corrected chi connectivity index (χ4v) is 2.01. The third-order valence-electron chi connectivity index (χ3n) is 2.61. The van der Waals surface area contributed by atoms with Crippen molar-refractivity contribution in [2.24, 2.45) is 0 Å². The van der Waals surface area contributed by atoms with Gasteiger partial charge in [0.15, 0.2) is 0 Å². The molecule has 0 spiro atoms. The molecule has 0 amide bonds. The first-order valence-electron chi connectivity index (χ1n) is 4.46. The minimum absolute atomic E-state index is 0.0410. The molecule has 1 aliphatic heterocycles. The summed E-state index contributed by atoms with van der Waals surface area (Å²) in [6, 6.07) is 1.77. The second kappa shape index (κ2) is 2.69. The lowest BCUT2D eigenvalue weighted by Crippen LogP contribution is -2.22. The second-order valence-corrected chi connectivity index (χ2v) is 3.61. The van der Waals surface area contributed by atoms with Gasteiger partial charge in [0.1, 0.15) is 6.17 Å². The molecule has 13 heavy (non-hydrogen) atoms. The van der Waals surface area contributed by atoms with Crippen LogP contribution in [0.3, 0.4) is 0 Å². The molecule has 2 rings (SSSR count). The van der Waals surface area contributed by atoms with E-state index in [-0.39, 0.29) is 5.56 Å². The lowest BCUT2D eigenvalue weighted by Gasteiger charge is -2.08. The maximum absolute atomic E-state index is 13.3. The highest BCUT2D eigenvalue weighted by Crippen LogP contribution is 2.29. The Morgan fingerprint density at radius 2 is 2.15 bits per heavy atom. The van der Waals surface area contributed by atoms with E-state index in [1.807, 2.05) is 6.92 Å². The normalized spacial score (nSPS) is 20.4. The molecule has 1 unspecified atom stereocenters. The first-order valence-corrected chi connectivity index (χ1v) is 4.46. The Labute approximate surface area is 76.0 Å². The Kier molecular flexibility index (Phi) is 1.75. The van der Waals surface area contributed by atoms with Crippen molar-refractivity contribution in [1.82, 2.24) is 4.57 Å². The van der Waals surface area contributed by atoms with Gasteiger partial charge < -0.3 is 4.57 Å². The maximum Gasteiger partial charge on any atom is 0.253 e. The van der Waals surface area contributed by atoms with Gasteiger partial charge in [0, 0.05) is 18.5 Å². The number of nitrogens with zero attached hydrogens (tertiary/aromatic N) is 1. The number of pyridine rings is 1. The molecule has 1 atom stereocenters. The number of aromatic nitrogens is 1. The standard InChI is InChI=1S/C10H12FNO/c1-6-5-7(2)10(13)12-4-3-8(11)9(6)12/h5,8H,3-4H2,1-2H3. The van der Waals surface area contributed by atoms with Crippen molar-refractivity contribution in [3.05, 3.63) is 33.2 Å². The highest BCUT2D eigenvalue weighted by molar-refractivity contribution is 5.28. The SMILES string of the molecule is Cc1cc(C)c(=O)n2c1C(F)CC2. The number of fused-ring (bicyclic) bond motifs is 1. The van der Waals surface area contributed by atoms with Crippen LogP contribution in [0, 0.1) is 13.8 Å². The zero-order chi connectivity index (χ0) is 9.59. The highest BCUT2D eigenvalue weighted by atomic mass is 19.1. The molecular weight excluding hydrogens is 169 g/mol. The Balaban J connectivity index is 2.77. The smallest absolute Gasteiger partial charge is 0.253 e. The van der Waals surface area contributed by atoms with E-state index in [9.17, 15) is 9.18 Å². The average molecular weight is 181 g/mol. The fourth-order valence-electron chi connectivity index (χ4n) is 2.01. The van der Waals surface area contributed by atoms with E-state index in [1.165, 1.54) is 0 Å². The van der Waals surface area contributed by atoms with Crippen molar-refractivity contribution in [2.75, 3.05) is 0 Å².